The number of rotatable bonds is 5. The fourth-order valence-electron chi connectivity index (χ4n) is 1.99. The molecule has 0 fully saturated rings. The van der Waals surface area contributed by atoms with E-state index in [0.29, 0.717) is 5.84 Å². The number of hydrogen-bond donors (Lipinski definition) is 1. The molecule has 0 amide bonds. The minimum Gasteiger partial charge on any atom is -0.251 e. The van der Waals surface area contributed by atoms with Gasteiger partial charge < -0.3 is 0 Å². The molecule has 0 atom stereocenters. The summed E-state index contributed by atoms with van der Waals surface area (Å²) in [6.45, 7) is 2.09. The summed E-state index contributed by atoms with van der Waals surface area (Å²) in [5.74, 6) is 0.663. The molecule has 0 aliphatic heterocycles. The molecule has 0 saturated heterocycles. The van der Waals surface area contributed by atoms with Crippen LogP contribution in [-0.2, 0) is 0 Å². The molecule has 6 heteroatoms. The number of para-hydroxylation sites is 1. The second-order valence-corrected chi connectivity index (χ2v) is 5.94. The lowest BCUT2D eigenvalue weighted by atomic mass is 10.3. The fourth-order valence-corrected chi connectivity index (χ4v) is 2.80. The molecule has 1 N–H and O–H groups in total. The Morgan fingerprint density at radius 3 is 2.65 bits per heavy atom. The van der Waals surface area contributed by atoms with Crippen LogP contribution in [0.1, 0.15) is 19.8 Å². The smallest absolute Gasteiger partial charge is 0.204 e. The highest BCUT2D eigenvalue weighted by Crippen LogP contribution is 2.25. The fraction of sp³-hybridized carbons (Fsp3) is 0.176. The van der Waals surface area contributed by atoms with Crippen molar-refractivity contribution < 1.29 is 0 Å². The third-order valence-corrected chi connectivity index (χ3v) is 4.03. The minimum absolute atomic E-state index is 0.663. The summed E-state index contributed by atoms with van der Waals surface area (Å²) in [4.78, 5) is 4.49. The van der Waals surface area contributed by atoms with E-state index in [1.807, 2.05) is 54.6 Å². The molecule has 0 aliphatic carbocycles. The van der Waals surface area contributed by atoms with Crippen LogP contribution < -0.4 is 5.43 Å². The lowest BCUT2D eigenvalue weighted by Gasteiger charge is -1.98. The third-order valence-electron chi connectivity index (χ3n) is 3.09. The summed E-state index contributed by atoms with van der Waals surface area (Å²) in [5.41, 5.74) is 4.78. The highest BCUT2D eigenvalue weighted by molar-refractivity contribution is 7.22. The minimum atomic E-state index is 0.663. The van der Waals surface area contributed by atoms with Gasteiger partial charge in [0.05, 0.1) is 15.9 Å². The van der Waals surface area contributed by atoms with Crippen molar-refractivity contribution in [3.05, 3.63) is 54.6 Å². The second-order valence-electron chi connectivity index (χ2n) is 4.91. The summed E-state index contributed by atoms with van der Waals surface area (Å²) in [6.07, 6.45) is 1.71. The van der Waals surface area contributed by atoms with Crippen LogP contribution in [0.5, 0.6) is 0 Å². The normalized spacial score (nSPS) is 12.1. The van der Waals surface area contributed by atoms with Crippen molar-refractivity contribution in [3.63, 3.8) is 0 Å². The van der Waals surface area contributed by atoms with Gasteiger partial charge in [0.2, 0.25) is 5.13 Å². The Labute approximate surface area is 138 Å². The summed E-state index contributed by atoms with van der Waals surface area (Å²) < 4.78 is 1.13. The van der Waals surface area contributed by atoms with Gasteiger partial charge in [0, 0.05) is 6.42 Å². The van der Waals surface area contributed by atoms with Crippen molar-refractivity contribution >= 4 is 38.2 Å². The number of fused-ring (bicyclic) bond motifs is 1. The molecular formula is C17H17N5S. The van der Waals surface area contributed by atoms with Crippen LogP contribution in [0.3, 0.4) is 0 Å². The van der Waals surface area contributed by atoms with Gasteiger partial charge in [0.1, 0.15) is 0 Å². The van der Waals surface area contributed by atoms with Gasteiger partial charge in [0.15, 0.2) is 5.84 Å². The summed E-state index contributed by atoms with van der Waals surface area (Å²) >= 11 is 1.57. The number of nitrogens with zero attached hydrogens (tertiary/aromatic N) is 4. The molecule has 23 heavy (non-hydrogen) atoms. The first-order chi connectivity index (χ1) is 11.3. The Bertz CT molecular complexity index is 790. The van der Waals surface area contributed by atoms with Gasteiger partial charge in [-0.3, -0.25) is 5.43 Å². The Balaban J connectivity index is 1.74. The zero-order valence-corrected chi connectivity index (χ0v) is 13.6. The molecule has 3 rings (SSSR count). The lowest BCUT2D eigenvalue weighted by molar-refractivity contribution is 0.966. The Hall–Kier alpha value is -2.60. The van der Waals surface area contributed by atoms with E-state index in [-0.39, 0.29) is 0 Å². The summed E-state index contributed by atoms with van der Waals surface area (Å²) in [5, 5.41) is 13.6. The largest absolute Gasteiger partial charge is 0.251 e. The van der Waals surface area contributed by atoms with Crippen molar-refractivity contribution in [2.45, 2.75) is 19.8 Å². The zero-order valence-electron chi connectivity index (χ0n) is 12.8. The van der Waals surface area contributed by atoms with Gasteiger partial charge in [-0.25, -0.2) is 4.98 Å². The van der Waals surface area contributed by atoms with Gasteiger partial charge in [-0.15, -0.1) is 10.2 Å². The van der Waals surface area contributed by atoms with Crippen LogP contribution >= 0.6 is 11.3 Å². The standard InChI is InChI=1S/C17H17N5S/c1-2-8-16(20-19-13-9-4-3-5-10-13)21-22-17-18-14-11-6-7-12-15(14)23-17/h3-7,9-12H,2,8H2,1H3,(H,18,22). The number of amidine groups is 1. The molecule has 0 bridgehead atoms. The Morgan fingerprint density at radius 2 is 1.87 bits per heavy atom. The van der Waals surface area contributed by atoms with Gasteiger partial charge in [-0.05, 0) is 30.7 Å². The first-order valence-electron chi connectivity index (χ1n) is 7.50. The number of azo groups is 1. The quantitative estimate of drug-likeness (QED) is 0.287. The molecule has 1 heterocycles. The number of benzene rings is 2. The molecule has 0 spiro atoms. The number of hydrazone groups is 1. The molecule has 0 saturated carbocycles. The molecule has 1 aromatic heterocycles. The average molecular weight is 323 g/mol. The number of aromatic nitrogens is 1. The summed E-state index contributed by atoms with van der Waals surface area (Å²) in [6, 6.07) is 17.7. The Kier molecular flexibility index (Phi) is 5.06. The highest BCUT2D eigenvalue weighted by atomic mass is 32.1. The van der Waals surface area contributed by atoms with Crippen molar-refractivity contribution in [2.75, 3.05) is 5.43 Å². The molecule has 3 aromatic rings. The molecule has 2 aromatic carbocycles. The van der Waals surface area contributed by atoms with E-state index < -0.39 is 0 Å². The molecule has 5 nitrogen and oxygen atoms in total. The number of anilines is 1. The van der Waals surface area contributed by atoms with Crippen molar-refractivity contribution in [1.29, 1.82) is 0 Å². The van der Waals surface area contributed by atoms with Crippen molar-refractivity contribution in [2.24, 2.45) is 15.3 Å². The summed E-state index contributed by atoms with van der Waals surface area (Å²) in [7, 11) is 0. The van der Waals surface area contributed by atoms with Crippen molar-refractivity contribution in [1.82, 2.24) is 4.98 Å². The van der Waals surface area contributed by atoms with Crippen LogP contribution in [0.4, 0.5) is 10.8 Å². The first kappa shape index (κ1) is 15.3. The van der Waals surface area contributed by atoms with E-state index >= 15 is 0 Å². The van der Waals surface area contributed by atoms with Gasteiger partial charge in [-0.1, -0.05) is 48.6 Å². The molecule has 0 radical (unpaired) electrons. The molecule has 116 valence electrons. The number of hydrogen-bond acceptors (Lipinski definition) is 5. The Morgan fingerprint density at radius 1 is 1.09 bits per heavy atom. The van der Waals surface area contributed by atoms with E-state index in [4.69, 9.17) is 0 Å². The van der Waals surface area contributed by atoms with Crippen LogP contribution in [0.2, 0.25) is 0 Å². The third kappa shape index (κ3) is 4.20. The monoisotopic (exact) mass is 323 g/mol. The van der Waals surface area contributed by atoms with Gasteiger partial charge in [0.25, 0.3) is 0 Å². The SMILES string of the molecule is CCCC(N=Nc1ccccc1)=NNc1nc2ccccc2s1. The second kappa shape index (κ2) is 7.60. The first-order valence-corrected chi connectivity index (χ1v) is 8.32. The number of nitrogens with one attached hydrogen (secondary N) is 1. The molecule has 0 unspecified atom stereocenters. The van der Waals surface area contributed by atoms with E-state index in [2.05, 4.69) is 32.7 Å². The van der Waals surface area contributed by atoms with E-state index in [1.54, 1.807) is 11.3 Å². The zero-order chi connectivity index (χ0) is 15.9. The number of thiazole rings is 1. The predicted molar refractivity (Wildman–Crippen MR) is 96.5 cm³/mol. The topological polar surface area (TPSA) is 62.0 Å². The molecular weight excluding hydrogens is 306 g/mol. The maximum absolute atomic E-state index is 4.49. The molecule has 0 aliphatic rings. The maximum Gasteiger partial charge on any atom is 0.204 e. The highest BCUT2D eigenvalue weighted by Gasteiger charge is 2.02. The average Bonchev–Trinajstić information content (AvgIpc) is 3.01. The van der Waals surface area contributed by atoms with E-state index in [1.165, 1.54) is 0 Å². The van der Waals surface area contributed by atoms with Crippen LogP contribution in [0.25, 0.3) is 10.2 Å². The van der Waals surface area contributed by atoms with E-state index in [9.17, 15) is 0 Å². The van der Waals surface area contributed by atoms with Crippen molar-refractivity contribution in [3.8, 4) is 0 Å². The maximum atomic E-state index is 4.49. The lowest BCUT2D eigenvalue weighted by Crippen LogP contribution is -1.98. The van der Waals surface area contributed by atoms with Gasteiger partial charge >= 0.3 is 0 Å². The van der Waals surface area contributed by atoms with E-state index in [0.717, 1.165) is 33.9 Å². The van der Waals surface area contributed by atoms with Gasteiger partial charge in [-0.2, -0.15) is 5.10 Å². The van der Waals surface area contributed by atoms with Crippen LogP contribution in [0.15, 0.2) is 69.9 Å². The predicted octanol–water partition coefficient (Wildman–Crippen LogP) is 5.61. The van der Waals surface area contributed by atoms with Crippen LogP contribution in [0, 0.1) is 0 Å². The van der Waals surface area contributed by atoms with Crippen LogP contribution in [-0.4, -0.2) is 10.8 Å².